The van der Waals surface area contributed by atoms with Crippen LogP contribution in [0.5, 0.6) is 11.5 Å². The number of aliphatic hydroxyl groups is 1. The van der Waals surface area contributed by atoms with Crippen LogP contribution in [0.3, 0.4) is 0 Å². The third-order valence-corrected chi connectivity index (χ3v) is 8.25. The van der Waals surface area contributed by atoms with Crippen LogP contribution < -0.4 is 15.8 Å². The second kappa shape index (κ2) is 19.5. The number of aliphatic hydroxyl groups excluding tert-OH is 1. The molecule has 0 bridgehead atoms. The average molecular weight is 630 g/mol. The molecule has 0 aliphatic carbocycles. The first-order valence-electron chi connectivity index (χ1n) is 16.4. The number of ether oxygens (including phenoxy) is 1. The number of aryl methyl sites for hydroxylation is 3. The number of aromatic hydroxyl groups is 1. The van der Waals surface area contributed by atoms with Crippen LogP contribution in [-0.2, 0) is 35.3 Å². The first-order chi connectivity index (χ1) is 22.2. The van der Waals surface area contributed by atoms with Crippen molar-refractivity contribution in [1.29, 1.82) is 0 Å². The molecule has 0 amide bonds. The van der Waals surface area contributed by atoms with Crippen LogP contribution >= 0.6 is 0 Å². The van der Waals surface area contributed by atoms with E-state index in [0.717, 1.165) is 74.6 Å². The van der Waals surface area contributed by atoms with E-state index in [-0.39, 0.29) is 30.3 Å². The van der Waals surface area contributed by atoms with Gasteiger partial charge in [-0.3, -0.25) is 9.59 Å². The van der Waals surface area contributed by atoms with Gasteiger partial charge in [-0.1, -0.05) is 50.1 Å². The van der Waals surface area contributed by atoms with Gasteiger partial charge < -0.3 is 26.0 Å². The Morgan fingerprint density at radius 1 is 1.00 bits per heavy atom. The lowest BCUT2D eigenvalue weighted by Crippen LogP contribution is -2.15. The van der Waals surface area contributed by atoms with E-state index in [9.17, 15) is 19.8 Å². The Morgan fingerprint density at radius 3 is 2.52 bits per heavy atom. The maximum absolute atomic E-state index is 12.7. The molecule has 8 heteroatoms. The number of methoxy groups -OCH3 is 1. The third-order valence-electron chi connectivity index (χ3n) is 8.25. The zero-order chi connectivity index (χ0) is 33.3. The number of nitrogen functional groups attached to an aromatic ring is 1. The highest BCUT2D eigenvalue weighted by molar-refractivity contribution is 6.06. The van der Waals surface area contributed by atoms with Gasteiger partial charge in [-0.05, 0) is 122 Å². The van der Waals surface area contributed by atoms with Gasteiger partial charge in [0.1, 0.15) is 11.6 Å². The minimum absolute atomic E-state index is 0.00107. The van der Waals surface area contributed by atoms with E-state index in [1.807, 2.05) is 19.2 Å². The summed E-state index contributed by atoms with van der Waals surface area (Å²) in [5.41, 5.74) is 12.0. The minimum atomic E-state index is -0.248. The predicted molar refractivity (Wildman–Crippen MR) is 185 cm³/mol. The number of nitrogens with two attached hydrogens (primary N) is 1. The fourth-order valence-electron chi connectivity index (χ4n) is 5.71. The molecule has 1 atom stereocenters. The number of hydrogen-bond acceptors (Lipinski definition) is 8. The third kappa shape index (κ3) is 12.4. The maximum atomic E-state index is 12.7. The summed E-state index contributed by atoms with van der Waals surface area (Å²) in [5, 5.41) is 23.0. The second-order valence-electron chi connectivity index (χ2n) is 12.2. The fourth-order valence-corrected chi connectivity index (χ4v) is 5.71. The number of aromatic nitrogens is 1. The van der Waals surface area contributed by atoms with Gasteiger partial charge in [0.25, 0.3) is 0 Å². The summed E-state index contributed by atoms with van der Waals surface area (Å²) in [4.78, 5) is 29.5. The monoisotopic (exact) mass is 629 g/mol. The number of pyridine rings is 1. The number of ketones is 2. The number of unbranched alkanes of at least 4 members (excludes halogenated alkanes) is 2. The van der Waals surface area contributed by atoms with Crippen LogP contribution in [0.25, 0.3) is 6.08 Å². The fraction of sp³-hybridized carbons (Fsp3) is 0.447. The van der Waals surface area contributed by atoms with Crippen molar-refractivity contribution in [3.8, 4) is 11.5 Å². The Kier molecular flexibility index (Phi) is 15.4. The van der Waals surface area contributed by atoms with E-state index in [1.165, 1.54) is 24.3 Å². The second-order valence-corrected chi connectivity index (χ2v) is 12.2. The van der Waals surface area contributed by atoms with Crippen LogP contribution in [0.4, 0.5) is 5.82 Å². The van der Waals surface area contributed by atoms with Crippen LogP contribution in [0.1, 0.15) is 85.3 Å². The van der Waals surface area contributed by atoms with Gasteiger partial charge in [-0.25, -0.2) is 4.98 Å². The van der Waals surface area contributed by atoms with Gasteiger partial charge >= 0.3 is 0 Å². The lowest BCUT2D eigenvalue weighted by molar-refractivity contribution is -0.124. The van der Waals surface area contributed by atoms with Crippen LogP contribution in [0.2, 0.25) is 0 Å². The number of nitrogens with one attached hydrogen (secondary N) is 1. The largest absolute Gasteiger partial charge is 0.504 e. The molecule has 1 heterocycles. The number of carbonyl (C=O) groups excluding carboxylic acids is 2. The summed E-state index contributed by atoms with van der Waals surface area (Å²) in [5.74, 6) is 1.06. The number of benzene rings is 2. The summed E-state index contributed by atoms with van der Waals surface area (Å²) in [6, 6.07) is 13.7. The number of rotatable bonds is 21. The van der Waals surface area contributed by atoms with Crippen molar-refractivity contribution in [1.82, 2.24) is 10.3 Å². The lowest BCUT2D eigenvalue weighted by Gasteiger charge is -2.14. The number of nitrogens with zero attached hydrogens (tertiary/aromatic N) is 1. The smallest absolute Gasteiger partial charge is 0.163 e. The molecule has 0 unspecified atom stereocenters. The molecular weight excluding hydrogens is 578 g/mol. The zero-order valence-corrected chi connectivity index (χ0v) is 27.7. The van der Waals surface area contributed by atoms with Crippen molar-refractivity contribution in [3.63, 3.8) is 0 Å². The molecular formula is C38H51N3O5. The Bertz CT molecular complexity index is 1450. The quantitative estimate of drug-likeness (QED) is 0.0638. The van der Waals surface area contributed by atoms with Crippen molar-refractivity contribution in [2.24, 2.45) is 5.92 Å². The van der Waals surface area contributed by atoms with Crippen LogP contribution in [0.15, 0.2) is 54.7 Å². The molecule has 2 aromatic carbocycles. The highest BCUT2D eigenvalue weighted by atomic mass is 16.5. The number of carbonyl (C=O) groups is 2. The number of anilines is 1. The molecule has 0 saturated carbocycles. The zero-order valence-electron chi connectivity index (χ0n) is 27.7. The summed E-state index contributed by atoms with van der Waals surface area (Å²) in [7, 11) is 3.44. The van der Waals surface area contributed by atoms with Crippen molar-refractivity contribution in [2.45, 2.75) is 77.6 Å². The maximum Gasteiger partial charge on any atom is 0.163 e. The van der Waals surface area contributed by atoms with Gasteiger partial charge in [0.2, 0.25) is 0 Å². The topological polar surface area (TPSA) is 135 Å². The molecule has 0 radical (unpaired) electrons. The van der Waals surface area contributed by atoms with E-state index in [4.69, 9.17) is 10.5 Å². The molecule has 0 saturated heterocycles. The summed E-state index contributed by atoms with van der Waals surface area (Å²) < 4.78 is 5.35. The average Bonchev–Trinajstić information content (AvgIpc) is 3.03. The molecule has 0 fully saturated rings. The van der Waals surface area contributed by atoms with Gasteiger partial charge in [0, 0.05) is 19.2 Å². The van der Waals surface area contributed by atoms with E-state index >= 15 is 0 Å². The Hall–Kier alpha value is -4.01. The standard InChI is InChI=1S/C38H51N3O5/c1-27(25-40-2)9-5-4-6-13-34(43)24-35(44)17-16-30-22-37(46-3)36(45)21-32(30)20-33-26-41-38(39)23-31(33)15-14-29-11-7-10-28(19-29)12-8-18-42/h7,10-11,16-17,19,21-23,26-27,40,42,45H,4-6,8-9,12-15,18,20,24-25H2,1-3H3,(H2,39,41)/b17-16+/t27-/m1/s1. The number of phenols is 1. The Labute approximate surface area is 274 Å². The SMILES string of the molecule is CNC[C@H](C)CCCCCC(=O)CC(=O)/C=C/c1cc(OC)c(O)cc1Cc1cnc(N)cc1CCc1cccc(CCCO)c1. The molecule has 5 N–H and O–H groups in total. The van der Waals surface area contributed by atoms with E-state index < -0.39 is 0 Å². The number of allylic oxidation sites excluding steroid dienone is 1. The molecule has 3 rings (SSSR count). The van der Waals surface area contributed by atoms with Crippen molar-refractivity contribution in [3.05, 3.63) is 88.1 Å². The molecule has 0 aliphatic heterocycles. The van der Waals surface area contributed by atoms with Gasteiger partial charge in [0.05, 0.1) is 13.5 Å². The van der Waals surface area contributed by atoms with Crippen LogP contribution in [-0.4, -0.2) is 54.1 Å². The predicted octanol–water partition coefficient (Wildman–Crippen LogP) is 6.03. The molecule has 1 aromatic heterocycles. The van der Waals surface area contributed by atoms with E-state index in [1.54, 1.807) is 24.4 Å². The highest BCUT2D eigenvalue weighted by Gasteiger charge is 2.14. The number of Topliss-reactive ketones (excluding diaryl/α,β-unsaturated/α-hetero) is 1. The lowest BCUT2D eigenvalue weighted by atomic mass is 9.93. The first-order valence-corrected chi connectivity index (χ1v) is 16.4. The Balaban J connectivity index is 1.68. The Morgan fingerprint density at radius 2 is 1.78 bits per heavy atom. The van der Waals surface area contributed by atoms with Gasteiger partial charge in [-0.2, -0.15) is 0 Å². The van der Waals surface area contributed by atoms with Crippen LogP contribution in [0, 0.1) is 5.92 Å². The van der Waals surface area contributed by atoms with Crippen molar-refractivity contribution < 1.29 is 24.5 Å². The van der Waals surface area contributed by atoms with Crippen molar-refractivity contribution >= 4 is 23.5 Å². The number of phenolic OH excluding ortho intramolecular Hbond substituents is 1. The summed E-state index contributed by atoms with van der Waals surface area (Å²) >= 11 is 0. The molecule has 3 aromatic rings. The minimum Gasteiger partial charge on any atom is -0.504 e. The summed E-state index contributed by atoms with van der Waals surface area (Å²) in [6.07, 6.45) is 12.8. The molecule has 0 spiro atoms. The van der Waals surface area contributed by atoms with Gasteiger partial charge in [-0.15, -0.1) is 0 Å². The van der Waals surface area contributed by atoms with E-state index in [2.05, 4.69) is 35.4 Å². The molecule has 248 valence electrons. The molecule has 8 nitrogen and oxygen atoms in total. The highest BCUT2D eigenvalue weighted by Crippen LogP contribution is 2.32. The van der Waals surface area contributed by atoms with Gasteiger partial charge in [0.15, 0.2) is 17.3 Å². The molecule has 46 heavy (non-hydrogen) atoms. The summed E-state index contributed by atoms with van der Waals surface area (Å²) in [6.45, 7) is 3.39. The number of hydrogen-bond donors (Lipinski definition) is 4. The normalized spacial score (nSPS) is 12.0. The first kappa shape index (κ1) is 36.5. The van der Waals surface area contributed by atoms with E-state index in [0.29, 0.717) is 35.9 Å². The molecule has 0 aliphatic rings. The van der Waals surface area contributed by atoms with Crippen molar-refractivity contribution in [2.75, 3.05) is 33.0 Å².